The lowest BCUT2D eigenvalue weighted by molar-refractivity contribution is -0.193. The van der Waals surface area contributed by atoms with Gasteiger partial charge in [-0.2, -0.15) is 31.4 Å². The van der Waals surface area contributed by atoms with Crippen molar-refractivity contribution in [3.05, 3.63) is 17.0 Å². The van der Waals surface area contributed by atoms with E-state index in [4.69, 9.17) is 24.9 Å². The first kappa shape index (κ1) is 29.9. The minimum atomic E-state index is -5.08. The zero-order valence-corrected chi connectivity index (χ0v) is 20.2. The topological polar surface area (TPSA) is 98.9 Å². The van der Waals surface area contributed by atoms with Gasteiger partial charge in [0.15, 0.2) is 0 Å². The number of hydrogen-bond acceptors (Lipinski definition) is 5. The zero-order valence-electron chi connectivity index (χ0n) is 20.2. The molecule has 2 aliphatic heterocycles. The summed E-state index contributed by atoms with van der Waals surface area (Å²) in [5, 5.41) is 19.3. The minimum Gasteiger partial charge on any atom is -0.475 e. The highest BCUT2D eigenvalue weighted by Crippen LogP contribution is 2.33. The van der Waals surface area contributed by atoms with Crippen molar-refractivity contribution in [3.63, 3.8) is 0 Å². The van der Waals surface area contributed by atoms with E-state index in [-0.39, 0.29) is 0 Å². The number of fused-ring (bicyclic) bond motifs is 1. The number of carboxylic acid groups (broad SMARTS) is 2. The molecule has 3 heterocycles. The van der Waals surface area contributed by atoms with Gasteiger partial charge in [0.2, 0.25) is 0 Å². The van der Waals surface area contributed by atoms with E-state index in [1.165, 1.54) is 69.7 Å². The molecule has 1 aliphatic carbocycles. The van der Waals surface area contributed by atoms with Crippen LogP contribution in [-0.4, -0.2) is 80.3 Å². The van der Waals surface area contributed by atoms with E-state index in [9.17, 15) is 26.3 Å². The molecule has 0 amide bonds. The van der Waals surface area contributed by atoms with Crippen LogP contribution in [0.5, 0.6) is 0 Å². The summed E-state index contributed by atoms with van der Waals surface area (Å²) in [4.78, 5) is 23.0. The van der Waals surface area contributed by atoms with Crippen LogP contribution in [0.2, 0.25) is 0 Å². The monoisotopic (exact) mass is 530 g/mol. The lowest BCUT2D eigenvalue weighted by Crippen LogP contribution is -2.33. The summed E-state index contributed by atoms with van der Waals surface area (Å²) >= 11 is 0. The molecule has 206 valence electrons. The van der Waals surface area contributed by atoms with E-state index < -0.39 is 24.3 Å². The van der Waals surface area contributed by atoms with E-state index in [2.05, 4.69) is 28.3 Å². The van der Waals surface area contributed by atoms with Gasteiger partial charge in [0, 0.05) is 37.8 Å². The van der Waals surface area contributed by atoms with Crippen LogP contribution >= 0.6 is 0 Å². The molecule has 1 aromatic heterocycles. The van der Waals surface area contributed by atoms with E-state index in [0.717, 1.165) is 19.0 Å². The van der Waals surface area contributed by atoms with Crippen molar-refractivity contribution >= 4 is 11.9 Å². The lowest BCUT2D eigenvalue weighted by Gasteiger charge is -2.28. The first-order valence-corrected chi connectivity index (χ1v) is 11.7. The predicted octanol–water partition coefficient (Wildman–Crippen LogP) is 4.09. The van der Waals surface area contributed by atoms with E-state index >= 15 is 0 Å². The van der Waals surface area contributed by atoms with Crippen molar-refractivity contribution in [2.24, 2.45) is 5.92 Å². The Bertz CT molecular complexity index is 866. The number of alkyl halides is 6. The largest absolute Gasteiger partial charge is 0.490 e. The molecule has 0 aromatic carbocycles. The van der Waals surface area contributed by atoms with Crippen molar-refractivity contribution in [1.29, 1.82) is 0 Å². The highest BCUT2D eigenvalue weighted by atomic mass is 19.4. The number of hydrogen-bond donors (Lipinski definition) is 2. The van der Waals surface area contributed by atoms with Crippen LogP contribution in [-0.2, 0) is 29.1 Å². The molecule has 8 nitrogen and oxygen atoms in total. The van der Waals surface area contributed by atoms with Crippen molar-refractivity contribution < 1.29 is 46.1 Å². The second kappa shape index (κ2) is 12.3. The summed E-state index contributed by atoms with van der Waals surface area (Å²) in [6, 6.07) is 0.474. The van der Waals surface area contributed by atoms with Gasteiger partial charge in [-0.1, -0.05) is 0 Å². The maximum absolute atomic E-state index is 10.6. The molecule has 4 rings (SSSR count). The summed E-state index contributed by atoms with van der Waals surface area (Å²) in [6.07, 6.45) is -3.33. The highest BCUT2D eigenvalue weighted by molar-refractivity contribution is 5.73. The fourth-order valence-electron chi connectivity index (χ4n) is 4.10. The van der Waals surface area contributed by atoms with Crippen LogP contribution in [0.15, 0.2) is 0 Å². The molecule has 0 unspecified atom stereocenters. The number of aromatic nitrogens is 2. The molecule has 14 heteroatoms. The molecular formula is C22H32F6N4O4. The molecule has 0 spiro atoms. The van der Waals surface area contributed by atoms with Crippen LogP contribution < -0.4 is 0 Å². The summed E-state index contributed by atoms with van der Waals surface area (Å²) in [5.41, 5.74) is 4.46. The third-order valence-electron chi connectivity index (χ3n) is 6.01. The summed E-state index contributed by atoms with van der Waals surface area (Å²) in [7, 11) is 0. The molecule has 0 radical (unpaired) electrons. The Morgan fingerprint density at radius 3 is 1.86 bits per heavy atom. The Hall–Kier alpha value is -2.35. The van der Waals surface area contributed by atoms with Gasteiger partial charge in [-0.15, -0.1) is 0 Å². The van der Waals surface area contributed by atoms with Crippen molar-refractivity contribution in [1.82, 2.24) is 19.6 Å². The zero-order chi connectivity index (χ0) is 27.3. The summed E-state index contributed by atoms with van der Waals surface area (Å²) in [5.74, 6) is -4.53. The van der Waals surface area contributed by atoms with Gasteiger partial charge < -0.3 is 10.2 Å². The standard InChI is InChI=1S/C18H30N4.2C2HF3O2/c1-14(2)22-18-13-21(11-15-5-6-15)10-7-16(18)17(19-22)12-20-8-3-4-9-20;2*3-2(4,5)1(6)7/h14-15H,3-13H2,1-2H3;2*(H,6,7). The van der Waals surface area contributed by atoms with E-state index in [1.807, 2.05) is 0 Å². The molecule has 2 fully saturated rings. The SMILES string of the molecule is CC(C)n1nc(CN2CCCC2)c2c1CN(CC1CC1)CC2.O=C(O)C(F)(F)F.O=C(O)C(F)(F)F. The van der Waals surface area contributed by atoms with Crippen LogP contribution in [0.1, 0.15) is 62.5 Å². The molecule has 1 aromatic rings. The Balaban J connectivity index is 0.000000271. The van der Waals surface area contributed by atoms with Gasteiger partial charge in [0.05, 0.1) is 11.4 Å². The Morgan fingerprint density at radius 1 is 0.944 bits per heavy atom. The first-order valence-electron chi connectivity index (χ1n) is 11.7. The Labute approximate surface area is 204 Å². The molecule has 1 saturated carbocycles. The number of carbonyl (C=O) groups is 2. The van der Waals surface area contributed by atoms with Crippen molar-refractivity contribution in [2.45, 2.75) is 77.4 Å². The third kappa shape index (κ3) is 9.26. The smallest absolute Gasteiger partial charge is 0.475 e. The van der Waals surface area contributed by atoms with Crippen LogP contribution in [0.3, 0.4) is 0 Å². The maximum Gasteiger partial charge on any atom is 0.490 e. The third-order valence-corrected chi connectivity index (χ3v) is 6.01. The average Bonchev–Trinajstić information content (AvgIpc) is 3.28. The number of aliphatic carboxylic acids is 2. The predicted molar refractivity (Wildman–Crippen MR) is 116 cm³/mol. The van der Waals surface area contributed by atoms with Gasteiger partial charge in [0.25, 0.3) is 0 Å². The second-order valence-electron chi connectivity index (χ2n) is 9.43. The Kier molecular flexibility index (Phi) is 10.2. The molecule has 1 saturated heterocycles. The van der Waals surface area contributed by atoms with Crippen LogP contribution in [0.25, 0.3) is 0 Å². The average molecular weight is 531 g/mol. The molecule has 3 aliphatic rings. The number of halogens is 6. The minimum absolute atomic E-state index is 0.474. The molecule has 36 heavy (non-hydrogen) atoms. The highest BCUT2D eigenvalue weighted by Gasteiger charge is 2.39. The van der Waals surface area contributed by atoms with Crippen molar-refractivity contribution in [2.75, 3.05) is 26.2 Å². The van der Waals surface area contributed by atoms with Crippen molar-refractivity contribution in [3.8, 4) is 0 Å². The molecular weight excluding hydrogens is 498 g/mol. The number of rotatable bonds is 5. The molecule has 0 bridgehead atoms. The first-order chi connectivity index (χ1) is 16.6. The van der Waals surface area contributed by atoms with Crippen LogP contribution in [0, 0.1) is 5.92 Å². The normalized spacial score (nSPS) is 18.7. The molecule has 2 N–H and O–H groups in total. The summed E-state index contributed by atoms with van der Waals surface area (Å²) < 4.78 is 65.8. The van der Waals surface area contributed by atoms with Gasteiger partial charge in [-0.05, 0) is 65.0 Å². The quantitative estimate of drug-likeness (QED) is 0.554. The maximum atomic E-state index is 10.6. The number of carboxylic acids is 2. The second-order valence-corrected chi connectivity index (χ2v) is 9.43. The molecule has 0 atom stereocenters. The van der Waals surface area contributed by atoms with Gasteiger partial charge in [-0.3, -0.25) is 14.5 Å². The van der Waals surface area contributed by atoms with Gasteiger partial charge in [0.1, 0.15) is 0 Å². The van der Waals surface area contributed by atoms with E-state index in [1.54, 1.807) is 5.56 Å². The number of nitrogens with zero attached hydrogens (tertiary/aromatic N) is 4. The van der Waals surface area contributed by atoms with Gasteiger partial charge >= 0.3 is 24.3 Å². The van der Waals surface area contributed by atoms with Crippen LogP contribution in [0.4, 0.5) is 26.3 Å². The fraction of sp³-hybridized carbons (Fsp3) is 0.773. The lowest BCUT2D eigenvalue weighted by atomic mass is 10.0. The summed E-state index contributed by atoms with van der Waals surface area (Å²) in [6.45, 7) is 11.8. The van der Waals surface area contributed by atoms with Gasteiger partial charge in [-0.25, -0.2) is 9.59 Å². The van der Waals surface area contributed by atoms with E-state index in [0.29, 0.717) is 6.04 Å². The fourth-order valence-corrected chi connectivity index (χ4v) is 4.10. The Morgan fingerprint density at radius 2 is 1.44 bits per heavy atom. The number of likely N-dealkylation sites (tertiary alicyclic amines) is 1.